The van der Waals surface area contributed by atoms with Crippen molar-refractivity contribution in [1.82, 2.24) is 5.32 Å². The van der Waals surface area contributed by atoms with E-state index >= 15 is 0 Å². The van der Waals surface area contributed by atoms with Gasteiger partial charge < -0.3 is 29.4 Å². The van der Waals surface area contributed by atoms with Crippen molar-refractivity contribution in [2.24, 2.45) is 0 Å². The highest BCUT2D eigenvalue weighted by atomic mass is 16.6. The molecule has 0 saturated heterocycles. The van der Waals surface area contributed by atoms with Crippen LogP contribution in [0, 0.1) is 0 Å². The number of methoxy groups -OCH3 is 1. The molecular formula is C21H33NO7. The number of amides is 1. The van der Waals surface area contributed by atoms with Gasteiger partial charge in [0.05, 0.1) is 39.1 Å². The number of benzene rings is 1. The lowest BCUT2D eigenvalue weighted by atomic mass is 10.2. The summed E-state index contributed by atoms with van der Waals surface area (Å²) in [6, 6.07) is 8.63. The van der Waals surface area contributed by atoms with Crippen LogP contribution in [0.15, 0.2) is 30.3 Å². The summed E-state index contributed by atoms with van der Waals surface area (Å²) in [5, 5.41) is 12.1. The number of ether oxygens (including phenoxy) is 4. The number of aliphatic hydroxyl groups is 1. The molecule has 29 heavy (non-hydrogen) atoms. The van der Waals surface area contributed by atoms with E-state index in [9.17, 15) is 14.7 Å². The van der Waals surface area contributed by atoms with Crippen LogP contribution in [0.2, 0.25) is 0 Å². The summed E-state index contributed by atoms with van der Waals surface area (Å²) in [7, 11) is 1.23. The molecule has 2 N–H and O–H groups in total. The molecule has 0 bridgehead atoms. The number of esters is 1. The highest BCUT2D eigenvalue weighted by Crippen LogP contribution is 2.10. The van der Waals surface area contributed by atoms with Crippen LogP contribution in [-0.4, -0.2) is 61.3 Å². The molecule has 8 heteroatoms. The number of alkyl carbamates (subject to hydrolysis) is 1. The van der Waals surface area contributed by atoms with E-state index in [0.29, 0.717) is 13.0 Å². The number of hydrogen-bond acceptors (Lipinski definition) is 7. The van der Waals surface area contributed by atoms with Crippen LogP contribution in [0.1, 0.15) is 39.7 Å². The van der Waals surface area contributed by atoms with Crippen molar-refractivity contribution in [1.29, 1.82) is 0 Å². The zero-order valence-corrected chi connectivity index (χ0v) is 17.8. The third kappa shape index (κ3) is 11.4. The van der Waals surface area contributed by atoms with Gasteiger partial charge in [0, 0.05) is 6.42 Å². The molecule has 0 aliphatic heterocycles. The average molecular weight is 411 g/mol. The molecule has 0 radical (unpaired) electrons. The maximum absolute atomic E-state index is 11.9. The maximum Gasteiger partial charge on any atom is 0.408 e. The molecule has 0 aliphatic carbocycles. The molecule has 1 rings (SSSR count). The van der Waals surface area contributed by atoms with E-state index in [1.165, 1.54) is 7.11 Å². The first-order valence-corrected chi connectivity index (χ1v) is 9.59. The molecule has 0 saturated carbocycles. The van der Waals surface area contributed by atoms with Gasteiger partial charge in [0.15, 0.2) is 6.04 Å². The van der Waals surface area contributed by atoms with Gasteiger partial charge in [-0.25, -0.2) is 9.59 Å². The van der Waals surface area contributed by atoms with Crippen molar-refractivity contribution in [3.8, 4) is 0 Å². The van der Waals surface area contributed by atoms with Gasteiger partial charge in [-0.3, -0.25) is 0 Å². The fraction of sp³-hybridized carbons (Fsp3) is 0.619. The minimum Gasteiger partial charge on any atom is -0.467 e. The SMILES string of the molecule is COC(=O)[C@H](COC[C@@H](C[C@@H](C)O)OCc1ccccc1)NC(=O)OC(C)(C)C. The Morgan fingerprint density at radius 1 is 1.14 bits per heavy atom. The standard InChI is InChI=1S/C21H33NO7/c1-15(23)11-17(28-12-16-9-7-6-8-10-16)13-27-14-18(19(24)26-5)22-20(25)29-21(2,3)4/h6-10,15,17-18,23H,11-14H2,1-5H3,(H,22,25)/t15-,17-,18+/m1/s1. The van der Waals surface area contributed by atoms with Gasteiger partial charge in [-0.15, -0.1) is 0 Å². The second-order valence-corrected chi connectivity index (χ2v) is 7.76. The summed E-state index contributed by atoms with van der Waals surface area (Å²) in [5.41, 5.74) is 0.307. The van der Waals surface area contributed by atoms with Crippen LogP contribution in [0.4, 0.5) is 4.79 Å². The van der Waals surface area contributed by atoms with E-state index in [0.717, 1.165) is 5.56 Å². The Kier molecular flexibility index (Phi) is 10.6. The Morgan fingerprint density at radius 3 is 2.34 bits per heavy atom. The molecule has 8 nitrogen and oxygen atoms in total. The molecule has 0 heterocycles. The van der Waals surface area contributed by atoms with Crippen LogP contribution in [0.5, 0.6) is 0 Å². The van der Waals surface area contributed by atoms with Crippen molar-refractivity contribution in [2.45, 2.75) is 64.6 Å². The van der Waals surface area contributed by atoms with E-state index in [4.69, 9.17) is 18.9 Å². The fourth-order valence-corrected chi connectivity index (χ4v) is 2.43. The molecule has 3 atom stereocenters. The summed E-state index contributed by atoms with van der Waals surface area (Å²) in [6.45, 7) is 7.24. The minimum absolute atomic E-state index is 0.114. The van der Waals surface area contributed by atoms with E-state index in [-0.39, 0.29) is 19.3 Å². The molecule has 0 fully saturated rings. The fourth-order valence-electron chi connectivity index (χ4n) is 2.43. The third-order valence-corrected chi connectivity index (χ3v) is 3.70. The van der Waals surface area contributed by atoms with Gasteiger partial charge in [0.1, 0.15) is 5.60 Å². The number of aliphatic hydroxyl groups excluding tert-OH is 1. The van der Waals surface area contributed by atoms with Crippen LogP contribution in [0.25, 0.3) is 0 Å². The van der Waals surface area contributed by atoms with Gasteiger partial charge in [-0.05, 0) is 33.3 Å². The van der Waals surface area contributed by atoms with Gasteiger partial charge in [-0.1, -0.05) is 30.3 Å². The number of carbonyl (C=O) groups excluding carboxylic acids is 2. The third-order valence-electron chi connectivity index (χ3n) is 3.70. The number of carbonyl (C=O) groups is 2. The van der Waals surface area contributed by atoms with E-state index in [2.05, 4.69) is 5.32 Å². The van der Waals surface area contributed by atoms with Crippen LogP contribution < -0.4 is 5.32 Å². The van der Waals surface area contributed by atoms with Crippen molar-refractivity contribution >= 4 is 12.1 Å². The zero-order chi connectivity index (χ0) is 21.9. The largest absolute Gasteiger partial charge is 0.467 e. The summed E-state index contributed by atoms with van der Waals surface area (Å²) < 4.78 is 21.3. The predicted molar refractivity (Wildman–Crippen MR) is 107 cm³/mol. The number of hydrogen-bond donors (Lipinski definition) is 2. The Morgan fingerprint density at radius 2 is 1.79 bits per heavy atom. The lowest BCUT2D eigenvalue weighted by Crippen LogP contribution is -2.47. The first-order chi connectivity index (χ1) is 13.6. The summed E-state index contributed by atoms with van der Waals surface area (Å²) in [4.78, 5) is 23.9. The monoisotopic (exact) mass is 411 g/mol. The Bertz CT molecular complexity index is 613. The predicted octanol–water partition coefficient (Wildman–Crippen LogP) is 2.43. The molecule has 0 aromatic heterocycles. The lowest BCUT2D eigenvalue weighted by Gasteiger charge is -2.24. The average Bonchev–Trinajstić information content (AvgIpc) is 2.63. The first kappa shape index (κ1) is 24.9. The Balaban J connectivity index is 2.57. The van der Waals surface area contributed by atoms with Crippen molar-refractivity contribution in [2.75, 3.05) is 20.3 Å². The smallest absolute Gasteiger partial charge is 0.408 e. The summed E-state index contributed by atoms with van der Waals surface area (Å²) >= 11 is 0. The normalized spacial score (nSPS) is 14.6. The Labute approximate surface area is 172 Å². The van der Waals surface area contributed by atoms with Gasteiger partial charge in [0.2, 0.25) is 0 Å². The molecule has 0 unspecified atom stereocenters. The highest BCUT2D eigenvalue weighted by molar-refractivity contribution is 5.81. The minimum atomic E-state index is -1.02. The highest BCUT2D eigenvalue weighted by Gasteiger charge is 2.26. The van der Waals surface area contributed by atoms with Gasteiger partial charge in [-0.2, -0.15) is 0 Å². The second kappa shape index (κ2) is 12.4. The first-order valence-electron chi connectivity index (χ1n) is 9.59. The van der Waals surface area contributed by atoms with Crippen molar-refractivity contribution in [3.63, 3.8) is 0 Å². The number of nitrogens with one attached hydrogen (secondary N) is 1. The van der Waals surface area contributed by atoms with Gasteiger partial charge in [0.25, 0.3) is 0 Å². The zero-order valence-electron chi connectivity index (χ0n) is 17.8. The van der Waals surface area contributed by atoms with Gasteiger partial charge >= 0.3 is 12.1 Å². The second-order valence-electron chi connectivity index (χ2n) is 7.76. The molecular weight excluding hydrogens is 378 g/mol. The van der Waals surface area contributed by atoms with E-state index in [1.807, 2.05) is 30.3 Å². The molecule has 0 spiro atoms. The molecule has 1 amide bonds. The van der Waals surface area contributed by atoms with E-state index in [1.54, 1.807) is 27.7 Å². The molecule has 1 aromatic carbocycles. The van der Waals surface area contributed by atoms with Crippen LogP contribution >= 0.6 is 0 Å². The maximum atomic E-state index is 11.9. The van der Waals surface area contributed by atoms with E-state index < -0.39 is 29.8 Å². The summed E-state index contributed by atoms with van der Waals surface area (Å²) in [5.74, 6) is -0.645. The number of rotatable bonds is 11. The quantitative estimate of drug-likeness (QED) is 0.539. The summed E-state index contributed by atoms with van der Waals surface area (Å²) in [6.07, 6.45) is -1.32. The van der Waals surface area contributed by atoms with Crippen LogP contribution in [-0.2, 0) is 30.3 Å². The molecule has 1 aromatic rings. The Hall–Kier alpha value is -2.16. The topological polar surface area (TPSA) is 103 Å². The molecule has 0 aliphatic rings. The molecule has 164 valence electrons. The van der Waals surface area contributed by atoms with Crippen molar-refractivity contribution < 1.29 is 33.6 Å². The van der Waals surface area contributed by atoms with Crippen LogP contribution in [0.3, 0.4) is 0 Å². The van der Waals surface area contributed by atoms with Crippen molar-refractivity contribution in [3.05, 3.63) is 35.9 Å². The lowest BCUT2D eigenvalue weighted by molar-refractivity contribution is -0.145.